The summed E-state index contributed by atoms with van der Waals surface area (Å²) < 4.78 is 0. The molecule has 0 bridgehead atoms. The maximum absolute atomic E-state index is 12.3. The Bertz CT molecular complexity index is 591. The third-order valence-electron chi connectivity index (χ3n) is 4.90. The first kappa shape index (κ1) is 23.9. The quantitative estimate of drug-likeness (QED) is 0.321. The van der Waals surface area contributed by atoms with Gasteiger partial charge in [0.25, 0.3) is 11.8 Å². The summed E-state index contributed by atoms with van der Waals surface area (Å²) in [4.78, 5) is 62.1. The predicted octanol–water partition coefficient (Wildman–Crippen LogP) is 2.87. The van der Waals surface area contributed by atoms with Crippen LogP contribution in [0.15, 0.2) is 0 Å². The molecule has 2 N–H and O–H groups in total. The minimum Gasteiger partial charge on any atom is -0.333 e. The number of primary amides is 1. The second-order valence-corrected chi connectivity index (χ2v) is 7.92. The zero-order valence-corrected chi connectivity index (χ0v) is 17.4. The van der Waals surface area contributed by atoms with Gasteiger partial charge in [-0.05, 0) is 39.0 Å². The Morgan fingerprint density at radius 2 is 1.93 bits per heavy atom. The molecule has 3 unspecified atom stereocenters. The number of rotatable bonds is 11. The molecule has 1 aliphatic rings. The van der Waals surface area contributed by atoms with Crippen LogP contribution in [0, 0.1) is 17.8 Å². The molecule has 160 valence electrons. The van der Waals surface area contributed by atoms with Crippen LogP contribution in [0.3, 0.4) is 0 Å². The smallest absolute Gasteiger partial charge is 0.333 e. The second-order valence-electron chi connectivity index (χ2n) is 7.92. The first-order chi connectivity index (χ1) is 13.0. The number of hydrogen-bond donors (Lipinski definition) is 1. The van der Waals surface area contributed by atoms with E-state index in [1.807, 2.05) is 6.92 Å². The monoisotopic (exact) mass is 400 g/mol. The number of unbranched alkanes of at least 4 members (excludes halogenated alkanes) is 1. The summed E-state index contributed by atoms with van der Waals surface area (Å²) in [6.45, 7) is 9.25. The van der Waals surface area contributed by atoms with Gasteiger partial charge in [-0.3, -0.25) is 14.5 Å². The molecule has 1 fully saturated rings. The first-order valence-corrected chi connectivity index (χ1v) is 9.76. The summed E-state index contributed by atoms with van der Waals surface area (Å²) in [5.74, 6) is -2.79. The van der Waals surface area contributed by atoms with Crippen LogP contribution in [0.2, 0.25) is 0 Å². The van der Waals surface area contributed by atoms with Crippen molar-refractivity contribution < 1.29 is 33.8 Å². The van der Waals surface area contributed by atoms with Crippen LogP contribution in [0.5, 0.6) is 0 Å². The Hall–Kier alpha value is -2.16. The minimum atomic E-state index is -1.22. The molecule has 1 heterocycles. The molecule has 1 rings (SSSR count). The Morgan fingerprint density at radius 1 is 1.29 bits per heavy atom. The van der Waals surface area contributed by atoms with E-state index >= 15 is 0 Å². The molecule has 1 saturated heterocycles. The van der Waals surface area contributed by atoms with Gasteiger partial charge in [0.05, 0.1) is 11.8 Å². The Balaban J connectivity index is 2.61. The number of amides is 3. The first-order valence-electron chi connectivity index (χ1n) is 9.76. The molecule has 3 amide bonds. The molecule has 9 heteroatoms. The van der Waals surface area contributed by atoms with Gasteiger partial charge in [-0.1, -0.05) is 33.6 Å². The molecular formula is C19H32N2O7. The molecule has 3 atom stereocenters. The van der Waals surface area contributed by atoms with E-state index in [1.165, 1.54) is 0 Å². The predicted molar refractivity (Wildman–Crippen MR) is 99.0 cm³/mol. The molecule has 0 aromatic rings. The van der Waals surface area contributed by atoms with Crippen LogP contribution in [0.25, 0.3) is 0 Å². The van der Waals surface area contributed by atoms with Crippen LogP contribution in [0.1, 0.15) is 73.1 Å². The van der Waals surface area contributed by atoms with Crippen molar-refractivity contribution in [3.63, 3.8) is 0 Å². The van der Waals surface area contributed by atoms with E-state index in [0.717, 1.165) is 19.3 Å². The average Bonchev–Trinajstić information content (AvgIpc) is 2.88. The highest BCUT2D eigenvalue weighted by Crippen LogP contribution is 2.33. The Labute approximate surface area is 165 Å². The van der Waals surface area contributed by atoms with Crippen molar-refractivity contribution in [3.05, 3.63) is 0 Å². The zero-order chi connectivity index (χ0) is 21.5. The number of nitrogens with zero attached hydrogens (tertiary/aromatic N) is 1. The van der Waals surface area contributed by atoms with E-state index in [2.05, 4.69) is 11.8 Å². The molecule has 0 aliphatic carbocycles. The van der Waals surface area contributed by atoms with Gasteiger partial charge < -0.3 is 10.6 Å². The normalized spacial score (nSPS) is 19.5. The van der Waals surface area contributed by atoms with E-state index in [1.54, 1.807) is 20.8 Å². The van der Waals surface area contributed by atoms with Gasteiger partial charge in [-0.15, -0.1) is 5.06 Å². The zero-order valence-electron chi connectivity index (χ0n) is 17.4. The Kier molecular flexibility index (Phi) is 8.87. The van der Waals surface area contributed by atoms with Crippen molar-refractivity contribution in [1.82, 2.24) is 5.06 Å². The lowest BCUT2D eigenvalue weighted by Crippen LogP contribution is -2.37. The highest BCUT2D eigenvalue weighted by Gasteiger charge is 2.45. The highest BCUT2D eigenvalue weighted by molar-refractivity contribution is 6.03. The fraction of sp³-hybridized carbons (Fsp3) is 0.789. The largest absolute Gasteiger partial charge is 0.429 e. The number of carbonyl (C=O) groups is 4. The van der Waals surface area contributed by atoms with E-state index in [-0.39, 0.29) is 18.3 Å². The lowest BCUT2D eigenvalue weighted by atomic mass is 9.84. The van der Waals surface area contributed by atoms with E-state index in [0.29, 0.717) is 17.9 Å². The van der Waals surface area contributed by atoms with Gasteiger partial charge in [0.2, 0.25) is 0 Å². The molecule has 0 spiro atoms. The number of imide groups is 1. The van der Waals surface area contributed by atoms with Crippen molar-refractivity contribution in [2.45, 2.75) is 78.7 Å². The fourth-order valence-corrected chi connectivity index (χ4v) is 3.38. The molecule has 9 nitrogen and oxygen atoms in total. The van der Waals surface area contributed by atoms with Gasteiger partial charge >= 0.3 is 12.1 Å². The lowest BCUT2D eigenvalue weighted by molar-refractivity contribution is -0.331. The molecule has 1 aliphatic heterocycles. The summed E-state index contributed by atoms with van der Waals surface area (Å²) >= 11 is 0. The third-order valence-corrected chi connectivity index (χ3v) is 4.90. The van der Waals surface area contributed by atoms with E-state index < -0.39 is 35.4 Å². The van der Waals surface area contributed by atoms with E-state index in [4.69, 9.17) is 15.5 Å². The summed E-state index contributed by atoms with van der Waals surface area (Å²) in [6.07, 6.45) is 2.40. The van der Waals surface area contributed by atoms with Crippen LogP contribution < -0.4 is 5.73 Å². The number of hydroxylamine groups is 2. The Morgan fingerprint density at radius 3 is 2.46 bits per heavy atom. The molecule has 0 aromatic carbocycles. The maximum atomic E-state index is 12.3. The van der Waals surface area contributed by atoms with Crippen molar-refractivity contribution >= 4 is 23.9 Å². The van der Waals surface area contributed by atoms with Crippen molar-refractivity contribution in [1.29, 1.82) is 0 Å². The van der Waals surface area contributed by atoms with Crippen LogP contribution in [-0.4, -0.2) is 34.5 Å². The number of hydrogen-bond acceptors (Lipinski definition) is 7. The average molecular weight is 400 g/mol. The number of carbonyl (C=O) groups excluding carboxylic acids is 4. The number of nitrogens with two attached hydrogens (primary N) is 1. The molecule has 0 aromatic heterocycles. The highest BCUT2D eigenvalue weighted by atomic mass is 17.2. The molecule has 0 radical (unpaired) electrons. The standard InChI is InChI=1S/C19H32N2O7/c1-6-8-9-13(7-2)17(24)27-28-19(4,5)11-12(3)14-10-15(22)21(16(14)23)26-18(20)25/h12-14H,6-11H2,1-5H3,(H2,20,25). The van der Waals surface area contributed by atoms with Crippen molar-refractivity contribution in [3.8, 4) is 0 Å². The summed E-state index contributed by atoms with van der Waals surface area (Å²) in [7, 11) is 0. The minimum absolute atomic E-state index is 0.0852. The summed E-state index contributed by atoms with van der Waals surface area (Å²) in [5, 5.41) is 0.414. The second kappa shape index (κ2) is 10.4. The van der Waals surface area contributed by atoms with Gasteiger partial charge in [-0.2, -0.15) is 4.89 Å². The summed E-state index contributed by atoms with van der Waals surface area (Å²) in [5.41, 5.74) is 4.02. The lowest BCUT2D eigenvalue weighted by Gasteiger charge is -2.28. The van der Waals surface area contributed by atoms with Gasteiger partial charge in [0.1, 0.15) is 5.60 Å². The molecule has 28 heavy (non-hydrogen) atoms. The maximum Gasteiger partial charge on any atom is 0.429 e. The fourth-order valence-electron chi connectivity index (χ4n) is 3.38. The van der Waals surface area contributed by atoms with E-state index in [9.17, 15) is 19.2 Å². The SMILES string of the molecule is CCCCC(CC)C(=O)OOC(C)(C)CC(C)C1CC(=O)N(OC(N)=O)C1=O. The summed E-state index contributed by atoms with van der Waals surface area (Å²) in [6, 6.07) is 0. The van der Waals surface area contributed by atoms with Crippen LogP contribution >= 0.6 is 0 Å². The topological polar surface area (TPSA) is 125 Å². The van der Waals surface area contributed by atoms with Crippen molar-refractivity contribution in [2.24, 2.45) is 23.5 Å². The molecular weight excluding hydrogens is 368 g/mol. The molecule has 0 saturated carbocycles. The van der Waals surface area contributed by atoms with Gasteiger partial charge in [0, 0.05) is 6.42 Å². The van der Waals surface area contributed by atoms with Crippen LogP contribution in [0.4, 0.5) is 4.79 Å². The third kappa shape index (κ3) is 6.78. The van der Waals surface area contributed by atoms with Crippen molar-refractivity contribution in [2.75, 3.05) is 0 Å². The van der Waals surface area contributed by atoms with Gasteiger partial charge in [-0.25, -0.2) is 9.59 Å². The van der Waals surface area contributed by atoms with Crippen LogP contribution in [-0.2, 0) is 29.0 Å². The van der Waals surface area contributed by atoms with Gasteiger partial charge in [0.15, 0.2) is 0 Å².